The van der Waals surface area contributed by atoms with Crippen molar-refractivity contribution >= 4 is 38.2 Å². The van der Waals surface area contributed by atoms with Crippen molar-refractivity contribution in [3.63, 3.8) is 0 Å². The molecule has 1 aliphatic heterocycles. The number of carbonyl (C=O) groups excluding carboxylic acids is 1. The molecule has 190 valence electrons. The quantitative estimate of drug-likeness (QED) is 0.409. The van der Waals surface area contributed by atoms with Crippen molar-refractivity contribution in [2.75, 3.05) is 42.9 Å². The van der Waals surface area contributed by atoms with Crippen molar-refractivity contribution in [1.82, 2.24) is 9.88 Å². The molecule has 8 nitrogen and oxygen atoms in total. The number of aromatic nitrogens is 1. The molecular formula is C28H28N4O4S. The van der Waals surface area contributed by atoms with Gasteiger partial charge in [-0.05, 0) is 55.0 Å². The molecule has 1 N–H and O–H groups in total. The van der Waals surface area contributed by atoms with Crippen LogP contribution in [0.4, 0.5) is 11.4 Å². The van der Waals surface area contributed by atoms with E-state index in [1.165, 1.54) is 12.1 Å². The van der Waals surface area contributed by atoms with Crippen LogP contribution in [0.15, 0.2) is 90.0 Å². The maximum absolute atomic E-state index is 13.2. The number of nitrogens with one attached hydrogen (secondary N) is 1. The fraction of sp³-hybridized carbons (Fsp3) is 0.214. The molecule has 9 heteroatoms. The fourth-order valence-electron chi connectivity index (χ4n) is 4.60. The van der Waals surface area contributed by atoms with Crippen LogP contribution in [0, 0.1) is 0 Å². The lowest BCUT2D eigenvalue weighted by Crippen LogP contribution is -2.35. The largest absolute Gasteiger partial charge is 0.495 e. The molecule has 0 radical (unpaired) electrons. The Morgan fingerprint density at radius 3 is 2.49 bits per heavy atom. The Morgan fingerprint density at radius 2 is 1.68 bits per heavy atom. The molecule has 1 fully saturated rings. The maximum Gasteiger partial charge on any atom is 0.261 e. The van der Waals surface area contributed by atoms with Gasteiger partial charge in [0.25, 0.3) is 15.9 Å². The van der Waals surface area contributed by atoms with Gasteiger partial charge in [0.2, 0.25) is 0 Å². The van der Waals surface area contributed by atoms with E-state index in [-0.39, 0.29) is 10.8 Å². The van der Waals surface area contributed by atoms with Gasteiger partial charge in [0.1, 0.15) is 5.75 Å². The molecule has 5 rings (SSSR count). The lowest BCUT2D eigenvalue weighted by molar-refractivity contribution is 0.0767. The van der Waals surface area contributed by atoms with Gasteiger partial charge in [-0.1, -0.05) is 30.3 Å². The SMILES string of the molecule is COc1ccccc1N1CCCN(C(=O)c2ccc(S(=O)(=O)Nc3cccc4cccnc34)cc2)CC1. The molecule has 3 aromatic carbocycles. The number of pyridine rings is 1. The van der Waals surface area contributed by atoms with Crippen molar-refractivity contribution in [3.8, 4) is 5.75 Å². The van der Waals surface area contributed by atoms with E-state index in [1.54, 1.807) is 43.6 Å². The first kappa shape index (κ1) is 24.6. The van der Waals surface area contributed by atoms with E-state index in [9.17, 15) is 13.2 Å². The number of hydrogen-bond acceptors (Lipinski definition) is 6. The molecule has 0 atom stereocenters. The first-order valence-electron chi connectivity index (χ1n) is 12.1. The molecule has 1 aliphatic rings. The molecule has 0 aliphatic carbocycles. The van der Waals surface area contributed by atoms with Crippen molar-refractivity contribution in [3.05, 3.63) is 90.6 Å². The highest BCUT2D eigenvalue weighted by molar-refractivity contribution is 7.92. The summed E-state index contributed by atoms with van der Waals surface area (Å²) in [4.78, 5) is 21.7. The Morgan fingerprint density at radius 1 is 0.892 bits per heavy atom. The lowest BCUT2D eigenvalue weighted by Gasteiger charge is -2.25. The Labute approximate surface area is 216 Å². The van der Waals surface area contributed by atoms with E-state index in [1.807, 2.05) is 41.3 Å². The normalized spacial score (nSPS) is 14.3. The summed E-state index contributed by atoms with van der Waals surface area (Å²) in [5.74, 6) is 0.698. The Hall–Kier alpha value is -4.11. The minimum absolute atomic E-state index is 0.0789. The van der Waals surface area contributed by atoms with E-state index in [2.05, 4.69) is 14.6 Å². The third-order valence-corrected chi connectivity index (χ3v) is 7.88. The minimum atomic E-state index is -3.86. The van der Waals surface area contributed by atoms with Gasteiger partial charge in [-0.3, -0.25) is 14.5 Å². The summed E-state index contributed by atoms with van der Waals surface area (Å²) in [6.07, 6.45) is 2.44. The van der Waals surface area contributed by atoms with Crippen molar-refractivity contribution in [2.24, 2.45) is 0 Å². The standard InChI is InChI=1S/C28H28N4O4S/c1-36-26-11-3-2-10-25(26)31-17-6-18-32(20-19-31)28(33)22-12-14-23(15-13-22)37(34,35)30-24-9-4-7-21-8-5-16-29-27(21)24/h2-5,7-16,30H,6,17-20H2,1H3. The number of carbonyl (C=O) groups is 1. The number of fused-ring (bicyclic) bond motifs is 1. The number of amides is 1. The zero-order valence-corrected chi connectivity index (χ0v) is 21.3. The van der Waals surface area contributed by atoms with Gasteiger partial charge < -0.3 is 14.5 Å². The van der Waals surface area contributed by atoms with E-state index in [0.29, 0.717) is 36.4 Å². The number of benzene rings is 3. The van der Waals surface area contributed by atoms with E-state index < -0.39 is 10.0 Å². The summed E-state index contributed by atoms with van der Waals surface area (Å²) in [5.41, 5.74) is 2.45. The highest BCUT2D eigenvalue weighted by Gasteiger charge is 2.23. The Bertz CT molecular complexity index is 1520. The van der Waals surface area contributed by atoms with Crippen LogP contribution in [0.1, 0.15) is 16.8 Å². The first-order valence-corrected chi connectivity index (χ1v) is 13.6. The topological polar surface area (TPSA) is 91.8 Å². The number of ether oxygens (including phenoxy) is 1. The van der Waals surface area contributed by atoms with E-state index in [0.717, 1.165) is 29.8 Å². The summed E-state index contributed by atoms with van der Waals surface area (Å²) < 4.78 is 34.2. The Balaban J connectivity index is 1.28. The van der Waals surface area contributed by atoms with Gasteiger partial charge in [0, 0.05) is 43.3 Å². The average molecular weight is 517 g/mol. The number of rotatable bonds is 6. The van der Waals surface area contributed by atoms with Gasteiger partial charge in [-0.15, -0.1) is 0 Å². The zero-order chi connectivity index (χ0) is 25.8. The average Bonchev–Trinajstić information content (AvgIpc) is 3.19. The molecule has 1 aromatic heterocycles. The number of nitrogens with zero attached hydrogens (tertiary/aromatic N) is 3. The van der Waals surface area contributed by atoms with Gasteiger partial charge >= 0.3 is 0 Å². The highest BCUT2D eigenvalue weighted by atomic mass is 32.2. The van der Waals surface area contributed by atoms with Crippen LogP contribution in [-0.4, -0.2) is 57.5 Å². The predicted octanol–water partition coefficient (Wildman–Crippen LogP) is 4.40. The van der Waals surface area contributed by atoms with Crippen molar-refractivity contribution < 1.29 is 17.9 Å². The number of hydrogen-bond donors (Lipinski definition) is 1. The summed E-state index contributed by atoms with van der Waals surface area (Å²) in [7, 11) is -2.20. The van der Waals surface area contributed by atoms with Gasteiger partial charge in [-0.2, -0.15) is 0 Å². The van der Waals surface area contributed by atoms with Crippen LogP contribution in [0.2, 0.25) is 0 Å². The van der Waals surface area contributed by atoms with Crippen LogP contribution < -0.4 is 14.4 Å². The van der Waals surface area contributed by atoms with E-state index in [4.69, 9.17) is 4.74 Å². The smallest absolute Gasteiger partial charge is 0.261 e. The van der Waals surface area contributed by atoms with Crippen LogP contribution in [0.5, 0.6) is 5.75 Å². The molecule has 0 saturated carbocycles. The van der Waals surface area contributed by atoms with Crippen LogP contribution in [0.3, 0.4) is 0 Å². The third-order valence-electron chi connectivity index (χ3n) is 6.50. The molecule has 0 bridgehead atoms. The predicted molar refractivity (Wildman–Crippen MR) is 145 cm³/mol. The van der Waals surface area contributed by atoms with Crippen LogP contribution in [-0.2, 0) is 10.0 Å². The fourth-order valence-corrected chi connectivity index (χ4v) is 5.67. The maximum atomic E-state index is 13.2. The molecule has 1 amide bonds. The lowest BCUT2D eigenvalue weighted by atomic mass is 10.2. The molecule has 1 saturated heterocycles. The third kappa shape index (κ3) is 5.22. The van der Waals surface area contributed by atoms with Gasteiger partial charge in [0.15, 0.2) is 0 Å². The summed E-state index contributed by atoms with van der Waals surface area (Å²) >= 11 is 0. The van der Waals surface area contributed by atoms with Gasteiger partial charge in [-0.25, -0.2) is 8.42 Å². The molecular weight excluding hydrogens is 488 g/mol. The number of anilines is 2. The Kier molecular flexibility index (Phi) is 6.96. The highest BCUT2D eigenvalue weighted by Crippen LogP contribution is 2.29. The van der Waals surface area contributed by atoms with Crippen LogP contribution in [0.25, 0.3) is 10.9 Å². The minimum Gasteiger partial charge on any atom is -0.495 e. The van der Waals surface area contributed by atoms with E-state index >= 15 is 0 Å². The molecule has 37 heavy (non-hydrogen) atoms. The number of methoxy groups -OCH3 is 1. The second-order valence-electron chi connectivity index (χ2n) is 8.82. The number of para-hydroxylation sites is 3. The molecule has 2 heterocycles. The zero-order valence-electron chi connectivity index (χ0n) is 20.5. The van der Waals surface area contributed by atoms with Gasteiger partial charge in [0.05, 0.1) is 28.9 Å². The van der Waals surface area contributed by atoms with Crippen molar-refractivity contribution in [1.29, 1.82) is 0 Å². The molecule has 0 unspecified atom stereocenters. The number of sulfonamides is 1. The second-order valence-corrected chi connectivity index (χ2v) is 10.5. The molecule has 0 spiro atoms. The van der Waals surface area contributed by atoms with Crippen LogP contribution >= 0.6 is 0 Å². The summed E-state index contributed by atoms with van der Waals surface area (Å²) in [6, 6.07) is 23.0. The summed E-state index contributed by atoms with van der Waals surface area (Å²) in [5, 5.41) is 0.838. The second kappa shape index (κ2) is 10.5. The molecule has 4 aromatic rings. The summed E-state index contributed by atoms with van der Waals surface area (Å²) in [6.45, 7) is 2.68. The van der Waals surface area contributed by atoms with Crippen molar-refractivity contribution in [2.45, 2.75) is 11.3 Å². The monoisotopic (exact) mass is 516 g/mol. The first-order chi connectivity index (χ1) is 18.0.